The molecule has 0 bridgehead atoms. The van der Waals surface area contributed by atoms with Gasteiger partial charge in [-0.05, 0) is 12.5 Å². The van der Waals surface area contributed by atoms with Crippen molar-refractivity contribution in [2.75, 3.05) is 26.0 Å². The molecule has 0 saturated carbocycles. The van der Waals surface area contributed by atoms with Crippen LogP contribution >= 0.6 is 11.8 Å². The number of ether oxygens (including phenoxy) is 1. The van der Waals surface area contributed by atoms with Crippen LogP contribution in [0.2, 0.25) is 0 Å². The summed E-state index contributed by atoms with van der Waals surface area (Å²) in [5, 5.41) is -0.616. The third kappa shape index (κ3) is 2.93. The van der Waals surface area contributed by atoms with Crippen LogP contribution in [0, 0.1) is 17.5 Å². The zero-order valence-electron chi connectivity index (χ0n) is 10.9. The van der Waals surface area contributed by atoms with Crippen LogP contribution in [0.3, 0.4) is 0 Å². The molecule has 0 spiro atoms. The van der Waals surface area contributed by atoms with Gasteiger partial charge in [-0.25, -0.2) is 13.2 Å². The molecule has 1 aromatic carbocycles. The Morgan fingerprint density at radius 1 is 1.35 bits per heavy atom. The molecule has 2 rings (SSSR count). The Morgan fingerprint density at radius 2 is 2.10 bits per heavy atom. The number of amides is 1. The second-order valence-electron chi connectivity index (χ2n) is 4.36. The number of halogens is 3. The van der Waals surface area contributed by atoms with Crippen LogP contribution in [0.4, 0.5) is 13.2 Å². The lowest BCUT2D eigenvalue weighted by Gasteiger charge is -2.24. The van der Waals surface area contributed by atoms with Gasteiger partial charge in [-0.1, -0.05) is 6.07 Å². The summed E-state index contributed by atoms with van der Waals surface area (Å²) >= 11 is 1.20. The second kappa shape index (κ2) is 6.49. The van der Waals surface area contributed by atoms with Gasteiger partial charge in [0, 0.05) is 25.8 Å². The number of carbonyl (C=O) groups excluding carboxylic acids is 1. The fourth-order valence-electron chi connectivity index (χ4n) is 2.06. The highest BCUT2D eigenvalue weighted by atomic mass is 32.2. The van der Waals surface area contributed by atoms with E-state index in [1.807, 2.05) is 0 Å². The molecule has 1 amide bonds. The molecule has 1 unspecified atom stereocenters. The highest BCUT2D eigenvalue weighted by Gasteiger charge is 2.35. The molecule has 1 saturated heterocycles. The van der Waals surface area contributed by atoms with Crippen LogP contribution in [0.25, 0.3) is 0 Å². The topological polar surface area (TPSA) is 29.5 Å². The lowest BCUT2D eigenvalue weighted by molar-refractivity contribution is -0.128. The molecule has 1 aliphatic rings. The van der Waals surface area contributed by atoms with E-state index in [4.69, 9.17) is 4.74 Å². The van der Waals surface area contributed by atoms with Crippen molar-refractivity contribution in [3.63, 3.8) is 0 Å². The smallest absolute Gasteiger partial charge is 0.233 e. The zero-order valence-corrected chi connectivity index (χ0v) is 11.7. The SMILES string of the molecule is COCCCN1C(=O)CSC1c1ccc(F)c(F)c1F. The van der Waals surface area contributed by atoms with Crippen LogP contribution in [-0.2, 0) is 9.53 Å². The molecule has 0 radical (unpaired) electrons. The van der Waals surface area contributed by atoms with Gasteiger partial charge >= 0.3 is 0 Å². The highest BCUT2D eigenvalue weighted by Crippen LogP contribution is 2.40. The lowest BCUT2D eigenvalue weighted by Crippen LogP contribution is -2.30. The molecule has 0 aliphatic carbocycles. The van der Waals surface area contributed by atoms with Crippen molar-refractivity contribution in [1.82, 2.24) is 4.90 Å². The molecule has 7 heteroatoms. The summed E-state index contributed by atoms with van der Waals surface area (Å²) in [7, 11) is 1.55. The number of rotatable bonds is 5. The molecule has 1 heterocycles. The number of carbonyl (C=O) groups is 1. The highest BCUT2D eigenvalue weighted by molar-refractivity contribution is 8.00. The summed E-state index contributed by atoms with van der Waals surface area (Å²) in [6.45, 7) is 0.865. The first-order chi connectivity index (χ1) is 9.56. The maximum atomic E-state index is 13.8. The summed E-state index contributed by atoms with van der Waals surface area (Å²) in [6.07, 6.45) is 0.602. The van der Waals surface area contributed by atoms with Gasteiger partial charge in [0.15, 0.2) is 17.5 Å². The molecule has 110 valence electrons. The Morgan fingerprint density at radius 3 is 2.80 bits per heavy atom. The molecule has 0 aromatic heterocycles. The fourth-order valence-corrected chi connectivity index (χ4v) is 3.30. The first kappa shape index (κ1) is 15.2. The van der Waals surface area contributed by atoms with Gasteiger partial charge in [0.05, 0.1) is 5.75 Å². The third-order valence-corrected chi connectivity index (χ3v) is 4.28. The van der Waals surface area contributed by atoms with E-state index >= 15 is 0 Å². The van der Waals surface area contributed by atoms with E-state index in [9.17, 15) is 18.0 Å². The summed E-state index contributed by atoms with van der Waals surface area (Å²) in [4.78, 5) is 13.3. The number of hydrogen-bond donors (Lipinski definition) is 0. The van der Waals surface area contributed by atoms with Crippen LogP contribution < -0.4 is 0 Å². The molecule has 3 nitrogen and oxygen atoms in total. The summed E-state index contributed by atoms with van der Waals surface area (Å²) in [6, 6.07) is 2.07. The van der Waals surface area contributed by atoms with E-state index in [2.05, 4.69) is 0 Å². The average molecular weight is 305 g/mol. The summed E-state index contributed by atoms with van der Waals surface area (Å²) in [5.74, 6) is -3.89. The van der Waals surface area contributed by atoms with Crippen LogP contribution in [0.5, 0.6) is 0 Å². The Labute approximate surface area is 119 Å². The largest absolute Gasteiger partial charge is 0.385 e. The van der Waals surface area contributed by atoms with Crippen molar-refractivity contribution in [2.24, 2.45) is 0 Å². The molecule has 1 fully saturated rings. The number of benzene rings is 1. The quantitative estimate of drug-likeness (QED) is 0.619. The van der Waals surface area contributed by atoms with Crippen LogP contribution in [0.15, 0.2) is 12.1 Å². The number of nitrogens with zero attached hydrogens (tertiary/aromatic N) is 1. The second-order valence-corrected chi connectivity index (χ2v) is 5.43. The van der Waals surface area contributed by atoms with Crippen molar-refractivity contribution in [3.8, 4) is 0 Å². The van der Waals surface area contributed by atoms with Gasteiger partial charge in [0.25, 0.3) is 0 Å². The Bertz CT molecular complexity index is 513. The summed E-state index contributed by atoms with van der Waals surface area (Å²) in [5.41, 5.74) is -0.00262. The molecular formula is C13H14F3NO2S. The van der Waals surface area contributed by atoms with Crippen molar-refractivity contribution in [2.45, 2.75) is 11.8 Å². The van der Waals surface area contributed by atoms with Gasteiger partial charge < -0.3 is 9.64 Å². The van der Waals surface area contributed by atoms with Crippen molar-refractivity contribution in [3.05, 3.63) is 35.1 Å². The lowest BCUT2D eigenvalue weighted by atomic mass is 10.1. The average Bonchev–Trinajstić information content (AvgIpc) is 2.78. The van der Waals surface area contributed by atoms with Gasteiger partial charge in [-0.3, -0.25) is 4.79 Å². The predicted octanol–water partition coefficient (Wildman–Crippen LogP) is 2.71. The van der Waals surface area contributed by atoms with E-state index in [0.29, 0.717) is 19.6 Å². The fraction of sp³-hybridized carbons (Fsp3) is 0.462. The standard InChI is InChI=1S/C13H14F3NO2S/c1-19-6-2-5-17-10(18)7-20-13(17)8-3-4-9(14)12(16)11(8)15/h3-4,13H,2,5-7H2,1H3. The van der Waals surface area contributed by atoms with Gasteiger partial charge in [-0.15, -0.1) is 11.8 Å². The summed E-state index contributed by atoms with van der Waals surface area (Å²) < 4.78 is 45.0. The van der Waals surface area contributed by atoms with Crippen LogP contribution in [0.1, 0.15) is 17.4 Å². The molecule has 1 aromatic rings. The normalized spacial score (nSPS) is 18.9. The van der Waals surface area contributed by atoms with Gasteiger partial charge in [0.2, 0.25) is 5.91 Å². The van der Waals surface area contributed by atoms with E-state index < -0.39 is 22.8 Å². The minimum absolute atomic E-state index is 0.00262. The van der Waals surface area contributed by atoms with E-state index in [1.165, 1.54) is 22.7 Å². The van der Waals surface area contributed by atoms with Crippen LogP contribution in [-0.4, -0.2) is 36.8 Å². The van der Waals surface area contributed by atoms with Gasteiger partial charge in [-0.2, -0.15) is 0 Å². The van der Waals surface area contributed by atoms with Crippen molar-refractivity contribution >= 4 is 17.7 Å². The van der Waals surface area contributed by atoms with E-state index in [-0.39, 0.29) is 17.2 Å². The minimum Gasteiger partial charge on any atom is -0.385 e. The minimum atomic E-state index is -1.50. The molecular weight excluding hydrogens is 291 g/mol. The predicted molar refractivity (Wildman–Crippen MR) is 69.7 cm³/mol. The molecule has 0 N–H and O–H groups in total. The maximum absolute atomic E-state index is 13.8. The number of hydrogen-bond acceptors (Lipinski definition) is 3. The number of methoxy groups -OCH3 is 1. The third-order valence-electron chi connectivity index (χ3n) is 3.05. The molecule has 1 atom stereocenters. The first-order valence-corrected chi connectivity index (χ1v) is 7.14. The molecule has 20 heavy (non-hydrogen) atoms. The van der Waals surface area contributed by atoms with E-state index in [0.717, 1.165) is 6.07 Å². The zero-order chi connectivity index (χ0) is 14.7. The Balaban J connectivity index is 2.22. The first-order valence-electron chi connectivity index (χ1n) is 6.09. The number of thioether (sulfide) groups is 1. The molecule has 1 aliphatic heterocycles. The monoisotopic (exact) mass is 305 g/mol. The maximum Gasteiger partial charge on any atom is 0.233 e. The van der Waals surface area contributed by atoms with Crippen molar-refractivity contribution < 1.29 is 22.7 Å². The van der Waals surface area contributed by atoms with E-state index in [1.54, 1.807) is 7.11 Å². The van der Waals surface area contributed by atoms with Crippen molar-refractivity contribution in [1.29, 1.82) is 0 Å². The Kier molecular flexibility index (Phi) is 4.93. The van der Waals surface area contributed by atoms with Gasteiger partial charge in [0.1, 0.15) is 5.37 Å². The Hall–Kier alpha value is -1.21.